The van der Waals surface area contributed by atoms with Crippen LogP contribution < -0.4 is 10.5 Å². The summed E-state index contributed by atoms with van der Waals surface area (Å²) < 4.78 is 3.96. The maximum absolute atomic E-state index is 10.2. The Morgan fingerprint density at radius 1 is 2.00 bits per heavy atom. The highest BCUT2D eigenvalue weighted by atomic mass is 32.2. The first-order chi connectivity index (χ1) is 4.79. The first kappa shape index (κ1) is 7.55. The number of hydrogen-bond acceptors (Lipinski definition) is 5. The van der Waals surface area contributed by atoms with Gasteiger partial charge in [0.05, 0.1) is 17.7 Å². The molecule has 10 heavy (non-hydrogen) atoms. The maximum atomic E-state index is 10.2. The number of nitrogens with one attached hydrogen (secondary N) is 1. The maximum Gasteiger partial charge on any atom is 0.323 e. The van der Waals surface area contributed by atoms with Gasteiger partial charge in [-0.3, -0.25) is 4.72 Å². The highest BCUT2D eigenvalue weighted by Crippen LogP contribution is 2.16. The summed E-state index contributed by atoms with van der Waals surface area (Å²) >= 11 is 2.64. The highest BCUT2D eigenvalue weighted by Gasteiger charge is 2.06. The van der Waals surface area contributed by atoms with E-state index in [9.17, 15) is 4.79 Å². The fourth-order valence-corrected chi connectivity index (χ4v) is 1.55. The third-order valence-electron chi connectivity index (χ3n) is 0.687. The van der Waals surface area contributed by atoms with Gasteiger partial charge in [-0.05, 0) is 0 Å². The van der Waals surface area contributed by atoms with Crippen molar-refractivity contribution in [3.8, 4) is 0 Å². The van der Waals surface area contributed by atoms with E-state index in [-0.39, 0.29) is 0 Å². The quantitative estimate of drug-likeness (QED) is 0.591. The van der Waals surface area contributed by atoms with Crippen LogP contribution in [0.2, 0.25) is 0 Å². The summed E-state index contributed by atoms with van der Waals surface area (Å²) in [4.78, 5) is 10.2. The molecule has 0 bridgehead atoms. The zero-order valence-electron chi connectivity index (χ0n) is 4.98. The summed E-state index contributed by atoms with van der Waals surface area (Å²) in [5.41, 5.74) is 6.52. The second kappa shape index (κ2) is 3.57. The van der Waals surface area contributed by atoms with E-state index in [4.69, 9.17) is 5.73 Å². The average Bonchev–Trinajstić information content (AvgIpc) is 2.34. The third kappa shape index (κ3) is 2.36. The predicted molar refractivity (Wildman–Crippen MR) is 43.1 cm³/mol. The van der Waals surface area contributed by atoms with Crippen molar-refractivity contribution in [1.29, 1.82) is 0 Å². The van der Waals surface area contributed by atoms with Crippen molar-refractivity contribution in [1.82, 2.24) is 9.14 Å². The molecule has 0 fully saturated rings. The summed E-state index contributed by atoms with van der Waals surface area (Å²) in [5, 5.41) is 3.87. The number of nitrogens with zero attached hydrogens (tertiary/aromatic N) is 2. The summed E-state index contributed by atoms with van der Waals surface area (Å²) in [7, 11) is 0. The molecule has 1 aliphatic rings. The van der Waals surface area contributed by atoms with Crippen molar-refractivity contribution in [3.63, 3.8) is 0 Å². The smallest absolute Gasteiger partial charge is 0.323 e. The molecule has 0 radical (unpaired) electrons. The fourth-order valence-electron chi connectivity index (χ4n) is 0.364. The molecular weight excluding hydrogens is 172 g/mol. The molecule has 2 amide bonds. The van der Waals surface area contributed by atoms with E-state index in [0.29, 0.717) is 0 Å². The van der Waals surface area contributed by atoms with Gasteiger partial charge in [0.1, 0.15) is 5.88 Å². The average molecular weight is 178 g/mol. The molecule has 0 aromatic carbocycles. The van der Waals surface area contributed by atoms with Crippen molar-refractivity contribution in [2.45, 2.75) is 0 Å². The van der Waals surface area contributed by atoms with Crippen molar-refractivity contribution in [3.05, 3.63) is 0 Å². The molecule has 0 saturated heterocycles. The molecule has 0 unspecified atom stereocenters. The second-order valence-corrected chi connectivity index (χ2v) is 3.04. The zero-order chi connectivity index (χ0) is 7.40. The van der Waals surface area contributed by atoms with Crippen LogP contribution >= 0.6 is 23.9 Å². The van der Waals surface area contributed by atoms with E-state index in [2.05, 4.69) is 9.82 Å². The van der Waals surface area contributed by atoms with Gasteiger partial charge in [0.15, 0.2) is 0 Å². The first-order valence-electron chi connectivity index (χ1n) is 2.43. The summed E-state index contributed by atoms with van der Waals surface area (Å²) in [6.07, 6.45) is 0. The standard InChI is InChI=1S/C3H6N4OS2/c4-3(8)6-10-7-2-9-1-5-7/h1H,2H2,(H3,4,6,8). The molecule has 0 spiro atoms. The van der Waals surface area contributed by atoms with E-state index in [0.717, 1.165) is 18.0 Å². The molecule has 0 aromatic heterocycles. The van der Waals surface area contributed by atoms with Crippen LogP contribution in [0.4, 0.5) is 4.79 Å². The number of thioether (sulfide) groups is 1. The lowest BCUT2D eigenvalue weighted by atomic mass is 11.2. The summed E-state index contributed by atoms with van der Waals surface area (Å²) in [5.74, 6) is 0.741. The molecule has 1 rings (SSSR count). The number of urea groups is 1. The fraction of sp³-hybridized carbons (Fsp3) is 0.333. The van der Waals surface area contributed by atoms with E-state index in [1.807, 2.05) is 0 Å². The Labute approximate surface area is 66.7 Å². The molecule has 1 aliphatic heterocycles. The van der Waals surface area contributed by atoms with Crippen LogP contribution in [-0.4, -0.2) is 21.9 Å². The lowest BCUT2D eigenvalue weighted by Gasteiger charge is -2.08. The third-order valence-corrected chi connectivity index (χ3v) is 2.21. The Morgan fingerprint density at radius 3 is 3.30 bits per heavy atom. The normalized spacial score (nSPS) is 15.8. The Hall–Kier alpha value is -0.560. The van der Waals surface area contributed by atoms with E-state index in [1.54, 1.807) is 21.7 Å². The van der Waals surface area contributed by atoms with Gasteiger partial charge in [-0.15, -0.1) is 0 Å². The Balaban J connectivity index is 2.13. The minimum absolute atomic E-state index is 0.558. The molecule has 0 aliphatic carbocycles. The van der Waals surface area contributed by atoms with Gasteiger partial charge in [-0.25, -0.2) is 9.21 Å². The van der Waals surface area contributed by atoms with Crippen molar-refractivity contribution in [2.24, 2.45) is 10.8 Å². The number of carbonyl (C=O) groups excluding carboxylic acids is 1. The molecule has 7 heteroatoms. The molecular formula is C3H6N4OS2. The van der Waals surface area contributed by atoms with Crippen LogP contribution in [0, 0.1) is 0 Å². The van der Waals surface area contributed by atoms with Crippen LogP contribution in [0.1, 0.15) is 0 Å². The topological polar surface area (TPSA) is 70.7 Å². The lowest BCUT2D eigenvalue weighted by molar-refractivity contribution is 0.254. The van der Waals surface area contributed by atoms with Gasteiger partial charge >= 0.3 is 6.03 Å². The highest BCUT2D eigenvalue weighted by molar-refractivity contribution is 8.13. The number of rotatable bonds is 2. The Morgan fingerprint density at radius 2 is 2.80 bits per heavy atom. The molecule has 3 N–H and O–H groups in total. The van der Waals surface area contributed by atoms with Crippen LogP contribution in [0.3, 0.4) is 0 Å². The number of carbonyl (C=O) groups is 1. The number of nitrogens with two attached hydrogens (primary N) is 1. The SMILES string of the molecule is NC(=O)NSN1CSC=N1. The van der Waals surface area contributed by atoms with Gasteiger partial charge in [0.25, 0.3) is 0 Å². The minimum Gasteiger partial charge on any atom is -0.351 e. The van der Waals surface area contributed by atoms with Crippen molar-refractivity contribution >= 4 is 35.5 Å². The number of hydrogen-bond donors (Lipinski definition) is 2. The van der Waals surface area contributed by atoms with Crippen LogP contribution in [0.25, 0.3) is 0 Å². The van der Waals surface area contributed by atoms with Gasteiger partial charge in [0, 0.05) is 0 Å². The molecule has 1 heterocycles. The zero-order valence-corrected chi connectivity index (χ0v) is 6.61. The lowest BCUT2D eigenvalue weighted by Crippen LogP contribution is -2.26. The summed E-state index contributed by atoms with van der Waals surface area (Å²) in [6, 6.07) is -0.558. The molecule has 56 valence electrons. The monoisotopic (exact) mass is 178 g/mol. The van der Waals surface area contributed by atoms with Gasteiger partial charge < -0.3 is 5.73 Å². The Kier molecular flexibility index (Phi) is 2.69. The molecule has 0 atom stereocenters. The second-order valence-electron chi connectivity index (χ2n) is 1.43. The first-order valence-corrected chi connectivity index (χ1v) is 4.25. The van der Waals surface area contributed by atoms with E-state index in [1.165, 1.54) is 0 Å². The molecule has 5 nitrogen and oxygen atoms in total. The van der Waals surface area contributed by atoms with Gasteiger partial charge in [-0.1, -0.05) is 11.8 Å². The van der Waals surface area contributed by atoms with E-state index >= 15 is 0 Å². The van der Waals surface area contributed by atoms with Crippen LogP contribution in [0.15, 0.2) is 5.10 Å². The number of amides is 2. The molecule has 0 saturated carbocycles. The summed E-state index contributed by atoms with van der Waals surface area (Å²) in [6.45, 7) is 0. The van der Waals surface area contributed by atoms with Crippen LogP contribution in [-0.2, 0) is 0 Å². The predicted octanol–water partition coefficient (Wildman–Crippen LogP) is 0.168. The van der Waals surface area contributed by atoms with Gasteiger partial charge in [-0.2, -0.15) is 5.10 Å². The number of hydrazone groups is 1. The van der Waals surface area contributed by atoms with Crippen LogP contribution in [0.5, 0.6) is 0 Å². The number of primary amides is 1. The molecule has 0 aromatic rings. The largest absolute Gasteiger partial charge is 0.351 e. The minimum atomic E-state index is -0.558. The van der Waals surface area contributed by atoms with Gasteiger partial charge in [0.2, 0.25) is 0 Å². The van der Waals surface area contributed by atoms with E-state index < -0.39 is 6.03 Å². The van der Waals surface area contributed by atoms with Crippen molar-refractivity contribution in [2.75, 3.05) is 5.88 Å². The Bertz CT molecular complexity index is 161. The van der Waals surface area contributed by atoms with Crippen molar-refractivity contribution < 1.29 is 4.79 Å².